The van der Waals surface area contributed by atoms with Crippen LogP contribution in [0.25, 0.3) is 0 Å². The van der Waals surface area contributed by atoms with Gasteiger partial charge in [-0.1, -0.05) is 42.7 Å². The summed E-state index contributed by atoms with van der Waals surface area (Å²) in [5.41, 5.74) is 0. The number of rotatable bonds is 5. The highest BCUT2D eigenvalue weighted by molar-refractivity contribution is 7.17. The summed E-state index contributed by atoms with van der Waals surface area (Å²) >= 11 is 7.23. The van der Waals surface area contributed by atoms with Crippen molar-refractivity contribution >= 4 is 22.9 Å². The highest BCUT2D eigenvalue weighted by Gasteiger charge is 1.97. The zero-order valence-electron chi connectivity index (χ0n) is 7.18. The van der Waals surface area contributed by atoms with Gasteiger partial charge in [0.1, 0.15) is 0 Å². The van der Waals surface area contributed by atoms with Crippen LogP contribution in [0.2, 0.25) is 4.34 Å². The fourth-order valence-electron chi connectivity index (χ4n) is 0.900. The molecule has 68 valence electrons. The van der Waals surface area contributed by atoms with Crippen molar-refractivity contribution in [2.45, 2.75) is 26.2 Å². The third kappa shape index (κ3) is 3.46. The summed E-state index contributed by atoms with van der Waals surface area (Å²) in [5.74, 6) is 0. The Bertz CT molecular complexity index is 222. The lowest BCUT2D eigenvalue weighted by molar-refractivity contribution is 0.315. The van der Waals surface area contributed by atoms with Gasteiger partial charge in [-0.25, -0.2) is 0 Å². The zero-order chi connectivity index (χ0) is 8.81. The average molecular weight is 205 g/mol. The number of thiophene rings is 1. The van der Waals surface area contributed by atoms with Crippen LogP contribution in [0.1, 0.15) is 26.2 Å². The predicted octanol–water partition coefficient (Wildman–Crippen LogP) is 3.97. The first-order valence-corrected chi connectivity index (χ1v) is 5.40. The Balaban J connectivity index is 2.15. The Labute approximate surface area is 82.3 Å². The summed E-state index contributed by atoms with van der Waals surface area (Å²) in [7, 11) is 0. The quantitative estimate of drug-likeness (QED) is 0.660. The van der Waals surface area contributed by atoms with Crippen molar-refractivity contribution in [2.24, 2.45) is 0 Å². The molecule has 1 aromatic heterocycles. The van der Waals surface area contributed by atoms with Crippen molar-refractivity contribution in [3.8, 4) is 5.06 Å². The van der Waals surface area contributed by atoms with E-state index in [0.717, 1.165) is 22.4 Å². The van der Waals surface area contributed by atoms with E-state index in [2.05, 4.69) is 6.92 Å². The lowest BCUT2D eigenvalue weighted by Gasteiger charge is -2.00. The second-order valence-corrected chi connectivity index (χ2v) is 4.29. The molecule has 1 rings (SSSR count). The molecule has 0 amide bonds. The molecule has 0 N–H and O–H groups in total. The smallest absolute Gasteiger partial charge is 0.175 e. The van der Waals surface area contributed by atoms with Gasteiger partial charge in [-0.15, -0.1) is 0 Å². The number of hydrogen-bond donors (Lipinski definition) is 0. The molecule has 12 heavy (non-hydrogen) atoms. The summed E-state index contributed by atoms with van der Waals surface area (Å²) in [5, 5.41) is 0.927. The summed E-state index contributed by atoms with van der Waals surface area (Å²) in [6.45, 7) is 2.99. The summed E-state index contributed by atoms with van der Waals surface area (Å²) in [4.78, 5) is 0. The van der Waals surface area contributed by atoms with Crippen LogP contribution in [0.3, 0.4) is 0 Å². The number of halogens is 1. The molecular formula is C9H13ClOS. The molecule has 0 aliphatic heterocycles. The van der Waals surface area contributed by atoms with Crippen molar-refractivity contribution in [1.29, 1.82) is 0 Å². The first kappa shape index (κ1) is 9.87. The first-order valence-electron chi connectivity index (χ1n) is 4.21. The molecule has 3 heteroatoms. The average Bonchev–Trinajstić information content (AvgIpc) is 2.45. The van der Waals surface area contributed by atoms with Gasteiger partial charge in [0.2, 0.25) is 0 Å². The van der Waals surface area contributed by atoms with E-state index in [1.165, 1.54) is 24.2 Å². The normalized spacial score (nSPS) is 10.2. The van der Waals surface area contributed by atoms with Crippen LogP contribution in [-0.4, -0.2) is 6.61 Å². The molecule has 0 spiro atoms. The van der Waals surface area contributed by atoms with Crippen molar-refractivity contribution in [1.82, 2.24) is 0 Å². The van der Waals surface area contributed by atoms with Crippen LogP contribution in [0, 0.1) is 0 Å². The molecule has 0 aromatic carbocycles. The Hall–Kier alpha value is -0.210. The topological polar surface area (TPSA) is 9.23 Å². The summed E-state index contributed by atoms with van der Waals surface area (Å²) in [6.07, 6.45) is 3.60. The summed E-state index contributed by atoms with van der Waals surface area (Å²) < 4.78 is 6.26. The van der Waals surface area contributed by atoms with E-state index in [4.69, 9.17) is 16.3 Å². The molecule has 0 aliphatic carbocycles. The Morgan fingerprint density at radius 1 is 1.42 bits per heavy atom. The first-order chi connectivity index (χ1) is 5.83. The molecule has 0 bridgehead atoms. The van der Waals surface area contributed by atoms with E-state index in [9.17, 15) is 0 Å². The SMILES string of the molecule is CCCCCOc1ccc(Cl)s1. The van der Waals surface area contributed by atoms with Crippen molar-refractivity contribution in [3.05, 3.63) is 16.5 Å². The molecular weight excluding hydrogens is 192 g/mol. The van der Waals surface area contributed by atoms with E-state index in [0.29, 0.717) is 0 Å². The van der Waals surface area contributed by atoms with Crippen LogP contribution in [-0.2, 0) is 0 Å². The Kier molecular flexibility index (Phi) is 4.48. The van der Waals surface area contributed by atoms with Gasteiger partial charge in [0.25, 0.3) is 0 Å². The minimum atomic E-state index is 0.792. The second-order valence-electron chi connectivity index (χ2n) is 2.61. The number of ether oxygens (including phenoxy) is 1. The van der Waals surface area contributed by atoms with Gasteiger partial charge in [0, 0.05) is 0 Å². The maximum absolute atomic E-state index is 5.74. The molecule has 0 saturated carbocycles. The fourth-order valence-corrected chi connectivity index (χ4v) is 1.80. The van der Waals surface area contributed by atoms with Gasteiger partial charge in [-0.05, 0) is 18.6 Å². The molecule has 0 atom stereocenters. The van der Waals surface area contributed by atoms with E-state index in [-0.39, 0.29) is 0 Å². The van der Waals surface area contributed by atoms with Crippen molar-refractivity contribution in [2.75, 3.05) is 6.61 Å². The van der Waals surface area contributed by atoms with Gasteiger partial charge < -0.3 is 4.74 Å². The van der Waals surface area contributed by atoms with Gasteiger partial charge >= 0.3 is 0 Å². The molecule has 0 aliphatic rings. The lowest BCUT2D eigenvalue weighted by Crippen LogP contribution is -1.94. The largest absolute Gasteiger partial charge is 0.484 e. The number of unbranched alkanes of at least 4 members (excludes halogenated alkanes) is 2. The molecule has 0 saturated heterocycles. The van der Waals surface area contributed by atoms with E-state index < -0.39 is 0 Å². The van der Waals surface area contributed by atoms with Crippen LogP contribution < -0.4 is 4.74 Å². The second kappa shape index (κ2) is 5.44. The van der Waals surface area contributed by atoms with E-state index >= 15 is 0 Å². The highest BCUT2D eigenvalue weighted by Crippen LogP contribution is 2.28. The van der Waals surface area contributed by atoms with Crippen LogP contribution >= 0.6 is 22.9 Å². The molecule has 0 unspecified atom stereocenters. The third-order valence-electron chi connectivity index (χ3n) is 1.54. The fraction of sp³-hybridized carbons (Fsp3) is 0.556. The Morgan fingerprint density at radius 3 is 2.83 bits per heavy atom. The molecule has 1 aromatic rings. The Morgan fingerprint density at radius 2 is 2.25 bits per heavy atom. The highest BCUT2D eigenvalue weighted by atomic mass is 35.5. The van der Waals surface area contributed by atoms with Crippen molar-refractivity contribution in [3.63, 3.8) is 0 Å². The molecule has 1 nitrogen and oxygen atoms in total. The predicted molar refractivity (Wildman–Crippen MR) is 54.3 cm³/mol. The molecule has 1 heterocycles. The van der Waals surface area contributed by atoms with Gasteiger partial charge in [0.15, 0.2) is 5.06 Å². The maximum atomic E-state index is 5.74. The number of hydrogen-bond acceptors (Lipinski definition) is 2. The van der Waals surface area contributed by atoms with Crippen molar-refractivity contribution < 1.29 is 4.74 Å². The maximum Gasteiger partial charge on any atom is 0.175 e. The van der Waals surface area contributed by atoms with Gasteiger partial charge in [-0.3, -0.25) is 0 Å². The summed E-state index contributed by atoms with van der Waals surface area (Å²) in [6, 6.07) is 3.78. The van der Waals surface area contributed by atoms with Gasteiger partial charge in [-0.2, -0.15) is 0 Å². The lowest BCUT2D eigenvalue weighted by atomic mass is 10.3. The third-order valence-corrected chi connectivity index (χ3v) is 2.68. The van der Waals surface area contributed by atoms with E-state index in [1.54, 1.807) is 0 Å². The van der Waals surface area contributed by atoms with Crippen LogP contribution in [0.5, 0.6) is 5.06 Å². The van der Waals surface area contributed by atoms with Crippen LogP contribution in [0.15, 0.2) is 12.1 Å². The monoisotopic (exact) mass is 204 g/mol. The zero-order valence-corrected chi connectivity index (χ0v) is 8.75. The minimum Gasteiger partial charge on any atom is -0.484 e. The standard InChI is InChI=1S/C9H13ClOS/c1-2-3-4-7-11-9-6-5-8(10)12-9/h5-6H,2-4,7H2,1H3. The molecule has 0 fully saturated rings. The van der Waals surface area contributed by atoms with Crippen LogP contribution in [0.4, 0.5) is 0 Å². The minimum absolute atomic E-state index is 0.792. The molecule has 0 radical (unpaired) electrons. The van der Waals surface area contributed by atoms with Gasteiger partial charge in [0.05, 0.1) is 10.9 Å². The van der Waals surface area contributed by atoms with E-state index in [1.807, 2.05) is 12.1 Å².